The number of unbranched alkanes of at least 4 members (excludes halogenated alkanes) is 3. The second kappa shape index (κ2) is 8.57. The fraction of sp³-hybridized carbons (Fsp3) is 0.808. The fourth-order valence-electron chi connectivity index (χ4n) is 6.16. The summed E-state index contributed by atoms with van der Waals surface area (Å²) < 4.78 is 0. The lowest BCUT2D eigenvalue weighted by Crippen LogP contribution is -2.68. The molecule has 2 aliphatic heterocycles. The van der Waals surface area contributed by atoms with Crippen LogP contribution in [-0.4, -0.2) is 43.8 Å². The molecule has 1 saturated heterocycles. The average molecular weight is 441 g/mol. The first-order valence-corrected chi connectivity index (χ1v) is 12.2. The molecule has 3 heterocycles. The molecule has 3 rings (SSSR count). The zero-order valence-corrected chi connectivity index (χ0v) is 21.8. The van der Waals surface area contributed by atoms with E-state index in [-0.39, 0.29) is 34.0 Å². The molecular formula is C26H44N6. The standard InChI is InChI=1S/C26H44N6/c1-11-12-13-14-15-27-18-16-25(7,8)32-22-29-20(19(18)26(32,9)10)28-21(30-22)31-24(5,6)17-23(2,3)4/h18-19H,1,11-14,16-17H2,2-10H3,(H,28,29,30,31). The summed E-state index contributed by atoms with van der Waals surface area (Å²) >= 11 is 0. The second-order valence-corrected chi connectivity index (χ2v) is 12.7. The van der Waals surface area contributed by atoms with E-state index in [9.17, 15) is 0 Å². The zero-order valence-electron chi connectivity index (χ0n) is 21.8. The number of fused-ring (bicyclic) bond motifs is 6. The Labute approximate surface area is 196 Å². The van der Waals surface area contributed by atoms with E-state index >= 15 is 0 Å². The van der Waals surface area contributed by atoms with Gasteiger partial charge in [0.15, 0.2) is 0 Å². The molecule has 2 unspecified atom stereocenters. The topological polar surface area (TPSA) is 66.3 Å². The molecule has 2 aliphatic rings. The molecule has 6 nitrogen and oxygen atoms in total. The fourth-order valence-corrected chi connectivity index (χ4v) is 6.16. The van der Waals surface area contributed by atoms with Crippen molar-refractivity contribution in [1.29, 1.82) is 0 Å². The van der Waals surface area contributed by atoms with Gasteiger partial charge in [-0.25, -0.2) is 0 Å². The van der Waals surface area contributed by atoms with Gasteiger partial charge in [-0.1, -0.05) is 40.5 Å². The minimum absolute atomic E-state index is 0.109. The van der Waals surface area contributed by atoms with Crippen LogP contribution in [0.5, 0.6) is 0 Å². The molecule has 0 aliphatic carbocycles. The van der Waals surface area contributed by atoms with Gasteiger partial charge in [-0.2, -0.15) is 15.0 Å². The molecule has 32 heavy (non-hydrogen) atoms. The van der Waals surface area contributed by atoms with Crippen LogP contribution in [0, 0.1) is 12.3 Å². The van der Waals surface area contributed by atoms with Crippen molar-refractivity contribution in [2.75, 3.05) is 10.2 Å². The highest BCUT2D eigenvalue weighted by atomic mass is 15.4. The smallest absolute Gasteiger partial charge is 0.231 e. The van der Waals surface area contributed by atoms with E-state index in [0.29, 0.717) is 5.95 Å². The number of hydrogen-bond acceptors (Lipinski definition) is 6. The van der Waals surface area contributed by atoms with E-state index in [1.165, 1.54) is 0 Å². The van der Waals surface area contributed by atoms with E-state index in [0.717, 1.165) is 50.3 Å². The van der Waals surface area contributed by atoms with Crippen LogP contribution in [0.1, 0.15) is 113 Å². The summed E-state index contributed by atoms with van der Waals surface area (Å²) in [4.78, 5) is 22.1. The van der Waals surface area contributed by atoms with Crippen LogP contribution in [0.4, 0.5) is 11.9 Å². The van der Waals surface area contributed by atoms with Gasteiger partial charge >= 0.3 is 0 Å². The van der Waals surface area contributed by atoms with Crippen molar-refractivity contribution in [3.8, 4) is 0 Å². The molecule has 178 valence electrons. The monoisotopic (exact) mass is 440 g/mol. The SMILES string of the molecule is [CH2]CCCC/[C]=N/C1CC(C)(C)N2c3nc(NC(C)(C)CC(C)(C)C)nc(n3)C1C2(C)C. The minimum Gasteiger partial charge on any atom is -0.349 e. The Morgan fingerprint density at radius 1 is 1.09 bits per heavy atom. The molecule has 0 aromatic carbocycles. The van der Waals surface area contributed by atoms with Crippen LogP contribution in [-0.2, 0) is 0 Å². The Balaban J connectivity index is 1.95. The molecule has 2 radical (unpaired) electrons. The van der Waals surface area contributed by atoms with Crippen molar-refractivity contribution in [3.05, 3.63) is 12.7 Å². The highest BCUT2D eigenvalue weighted by Crippen LogP contribution is 2.51. The summed E-state index contributed by atoms with van der Waals surface area (Å²) in [6.07, 6.45) is 9.37. The van der Waals surface area contributed by atoms with Gasteiger partial charge in [0, 0.05) is 11.1 Å². The van der Waals surface area contributed by atoms with Crippen molar-refractivity contribution in [3.63, 3.8) is 0 Å². The summed E-state index contributed by atoms with van der Waals surface area (Å²) in [6.45, 7) is 24.3. The molecule has 0 spiro atoms. The van der Waals surface area contributed by atoms with Gasteiger partial charge in [0.2, 0.25) is 11.9 Å². The van der Waals surface area contributed by atoms with Crippen LogP contribution in [0.3, 0.4) is 0 Å². The number of hydrogen-bond donors (Lipinski definition) is 1. The normalized spacial score (nSPS) is 24.1. The van der Waals surface area contributed by atoms with E-state index in [4.69, 9.17) is 19.9 Å². The van der Waals surface area contributed by atoms with Crippen LogP contribution in [0.25, 0.3) is 0 Å². The van der Waals surface area contributed by atoms with Crippen molar-refractivity contribution in [1.82, 2.24) is 15.0 Å². The Morgan fingerprint density at radius 3 is 2.41 bits per heavy atom. The van der Waals surface area contributed by atoms with Gasteiger partial charge in [0.25, 0.3) is 0 Å². The third-order valence-corrected chi connectivity index (χ3v) is 6.62. The molecule has 1 N–H and O–H groups in total. The number of anilines is 2. The van der Waals surface area contributed by atoms with Crippen molar-refractivity contribution >= 4 is 18.1 Å². The van der Waals surface area contributed by atoms with Crippen molar-refractivity contribution in [2.24, 2.45) is 10.4 Å². The summed E-state index contributed by atoms with van der Waals surface area (Å²) in [5, 5.41) is 3.61. The third kappa shape index (κ3) is 5.26. The predicted molar refractivity (Wildman–Crippen MR) is 135 cm³/mol. The third-order valence-electron chi connectivity index (χ3n) is 6.62. The highest BCUT2D eigenvalue weighted by Gasteiger charge is 2.57. The van der Waals surface area contributed by atoms with Crippen molar-refractivity contribution < 1.29 is 0 Å². The average Bonchev–Trinajstić information content (AvgIpc) is 2.55. The lowest BCUT2D eigenvalue weighted by molar-refractivity contribution is 0.167. The largest absolute Gasteiger partial charge is 0.349 e. The first-order chi connectivity index (χ1) is 14.7. The van der Waals surface area contributed by atoms with E-state index in [1.807, 2.05) is 0 Å². The van der Waals surface area contributed by atoms with E-state index in [2.05, 4.69) is 85.7 Å². The molecule has 1 fully saturated rings. The summed E-state index contributed by atoms with van der Waals surface area (Å²) in [6, 6.07) is 0.113. The molecule has 2 atom stereocenters. The van der Waals surface area contributed by atoms with E-state index < -0.39 is 0 Å². The highest BCUT2D eigenvalue weighted by molar-refractivity contribution is 5.59. The van der Waals surface area contributed by atoms with Crippen LogP contribution in [0.2, 0.25) is 0 Å². The van der Waals surface area contributed by atoms with Crippen molar-refractivity contribution in [2.45, 2.75) is 129 Å². The molecule has 0 amide bonds. The first kappa shape index (κ1) is 24.9. The first-order valence-electron chi connectivity index (χ1n) is 12.2. The maximum atomic E-state index is 4.95. The lowest BCUT2D eigenvalue weighted by Gasteiger charge is -2.59. The number of piperidine rings is 1. The van der Waals surface area contributed by atoms with E-state index in [1.54, 1.807) is 0 Å². The Bertz CT molecular complexity index is 833. The number of aliphatic imine (C=N–C) groups is 1. The van der Waals surface area contributed by atoms with Crippen LogP contribution >= 0.6 is 0 Å². The summed E-state index contributed by atoms with van der Waals surface area (Å²) in [5.74, 6) is 2.41. The Morgan fingerprint density at radius 2 is 1.78 bits per heavy atom. The Kier molecular flexibility index (Phi) is 6.67. The van der Waals surface area contributed by atoms with Gasteiger partial charge in [-0.05, 0) is 72.6 Å². The minimum atomic E-state index is -0.170. The van der Waals surface area contributed by atoms with Gasteiger partial charge in [0.1, 0.15) is 5.82 Å². The van der Waals surface area contributed by atoms with Gasteiger partial charge < -0.3 is 10.2 Å². The molecular weight excluding hydrogens is 396 g/mol. The van der Waals surface area contributed by atoms with Gasteiger partial charge in [0.05, 0.1) is 23.7 Å². The lowest BCUT2D eigenvalue weighted by atomic mass is 9.68. The molecule has 6 heteroatoms. The summed E-state index contributed by atoms with van der Waals surface area (Å²) in [7, 11) is 0. The molecule has 1 aromatic heterocycles. The maximum Gasteiger partial charge on any atom is 0.231 e. The molecule has 4 bridgehead atoms. The van der Waals surface area contributed by atoms with Gasteiger partial charge in [-0.3, -0.25) is 4.99 Å². The second-order valence-electron chi connectivity index (χ2n) is 12.7. The molecule has 0 saturated carbocycles. The zero-order chi connectivity index (χ0) is 23.9. The predicted octanol–water partition coefficient (Wildman–Crippen LogP) is 6.07. The number of rotatable bonds is 8. The van der Waals surface area contributed by atoms with Gasteiger partial charge in [-0.15, -0.1) is 0 Å². The summed E-state index contributed by atoms with van der Waals surface area (Å²) in [5.41, 5.74) is -0.195. The van der Waals surface area contributed by atoms with Crippen LogP contribution < -0.4 is 10.2 Å². The number of nitrogens with zero attached hydrogens (tertiary/aromatic N) is 5. The Hall–Kier alpha value is -1.72. The maximum absolute atomic E-state index is 4.95. The van der Waals surface area contributed by atoms with Crippen LogP contribution in [0.15, 0.2) is 4.99 Å². The number of nitrogens with one attached hydrogen (secondary N) is 1. The quantitative estimate of drug-likeness (QED) is 0.392. The number of aromatic nitrogens is 3. The molecule has 1 aromatic rings.